The molecule has 0 aliphatic carbocycles. The van der Waals surface area contributed by atoms with E-state index in [2.05, 4.69) is 4.98 Å². The van der Waals surface area contributed by atoms with Crippen LogP contribution < -0.4 is 5.56 Å². The number of H-pyrrole nitrogens is 1. The predicted molar refractivity (Wildman–Crippen MR) is 96.0 cm³/mol. The SMILES string of the molecule is Cc1ccc(-n2c(=O)ccc3cc(C(O)N4CCOCC4)[nH]c32)cc1. The molecule has 0 saturated carbocycles. The molecule has 1 fully saturated rings. The van der Waals surface area contributed by atoms with Crippen LogP contribution in [0.5, 0.6) is 0 Å². The maximum absolute atomic E-state index is 12.5. The Morgan fingerprint density at radius 3 is 2.56 bits per heavy atom. The van der Waals surface area contributed by atoms with Crippen LogP contribution in [0.3, 0.4) is 0 Å². The zero-order valence-corrected chi connectivity index (χ0v) is 14.1. The fourth-order valence-electron chi connectivity index (χ4n) is 3.25. The van der Waals surface area contributed by atoms with Gasteiger partial charge in [-0.1, -0.05) is 17.7 Å². The summed E-state index contributed by atoms with van der Waals surface area (Å²) in [5.74, 6) is 0. The van der Waals surface area contributed by atoms with E-state index in [1.165, 1.54) is 0 Å². The first-order valence-electron chi connectivity index (χ1n) is 8.45. The Labute approximate surface area is 145 Å². The molecule has 25 heavy (non-hydrogen) atoms. The summed E-state index contributed by atoms with van der Waals surface area (Å²) >= 11 is 0. The number of benzene rings is 1. The molecule has 2 aromatic heterocycles. The van der Waals surface area contributed by atoms with Crippen LogP contribution in [-0.2, 0) is 4.74 Å². The van der Waals surface area contributed by atoms with E-state index in [1.54, 1.807) is 16.7 Å². The van der Waals surface area contributed by atoms with Crippen molar-refractivity contribution in [3.05, 3.63) is 64.1 Å². The lowest BCUT2D eigenvalue weighted by Crippen LogP contribution is -2.39. The van der Waals surface area contributed by atoms with Gasteiger partial charge in [0, 0.05) is 24.5 Å². The highest BCUT2D eigenvalue weighted by molar-refractivity contribution is 5.78. The molecule has 3 heterocycles. The number of pyridine rings is 1. The molecule has 1 saturated heterocycles. The summed E-state index contributed by atoms with van der Waals surface area (Å²) in [4.78, 5) is 17.7. The Hall–Kier alpha value is -2.41. The molecule has 1 aromatic carbocycles. The molecule has 6 heteroatoms. The summed E-state index contributed by atoms with van der Waals surface area (Å²) < 4.78 is 6.98. The van der Waals surface area contributed by atoms with E-state index in [9.17, 15) is 9.90 Å². The molecule has 1 unspecified atom stereocenters. The third-order valence-electron chi connectivity index (χ3n) is 4.66. The van der Waals surface area contributed by atoms with Crippen LogP contribution in [0.4, 0.5) is 0 Å². The van der Waals surface area contributed by atoms with Crippen molar-refractivity contribution in [1.29, 1.82) is 0 Å². The number of nitrogens with zero attached hydrogens (tertiary/aromatic N) is 2. The molecule has 0 radical (unpaired) electrons. The quantitative estimate of drug-likeness (QED) is 0.765. The number of hydrogen-bond acceptors (Lipinski definition) is 4. The van der Waals surface area contributed by atoms with Crippen LogP contribution in [0.1, 0.15) is 17.5 Å². The van der Waals surface area contributed by atoms with Crippen molar-refractivity contribution in [3.8, 4) is 5.69 Å². The normalized spacial score (nSPS) is 17.0. The molecule has 1 aliphatic heterocycles. The largest absolute Gasteiger partial charge is 0.379 e. The van der Waals surface area contributed by atoms with Crippen molar-refractivity contribution in [2.45, 2.75) is 13.2 Å². The Bertz CT molecular complexity index is 937. The minimum atomic E-state index is -0.738. The number of aliphatic hydroxyl groups is 1. The van der Waals surface area contributed by atoms with Crippen LogP contribution in [0.2, 0.25) is 0 Å². The van der Waals surface area contributed by atoms with Gasteiger partial charge in [0.1, 0.15) is 11.9 Å². The second-order valence-electron chi connectivity index (χ2n) is 6.39. The van der Waals surface area contributed by atoms with Gasteiger partial charge in [0.15, 0.2) is 0 Å². The van der Waals surface area contributed by atoms with Crippen LogP contribution in [0, 0.1) is 6.92 Å². The molecule has 130 valence electrons. The van der Waals surface area contributed by atoms with Crippen molar-refractivity contribution in [3.63, 3.8) is 0 Å². The fourth-order valence-corrected chi connectivity index (χ4v) is 3.25. The highest BCUT2D eigenvalue weighted by Crippen LogP contribution is 2.24. The first-order valence-corrected chi connectivity index (χ1v) is 8.45. The number of aryl methyl sites for hydroxylation is 1. The minimum absolute atomic E-state index is 0.106. The van der Waals surface area contributed by atoms with Crippen molar-refractivity contribution in [2.24, 2.45) is 0 Å². The van der Waals surface area contributed by atoms with E-state index in [0.29, 0.717) is 37.6 Å². The molecule has 3 aromatic rings. The molecule has 4 rings (SSSR count). The number of aliphatic hydroxyl groups excluding tert-OH is 1. The zero-order valence-electron chi connectivity index (χ0n) is 14.1. The Morgan fingerprint density at radius 1 is 1.12 bits per heavy atom. The summed E-state index contributed by atoms with van der Waals surface area (Å²) in [5.41, 5.74) is 3.21. The van der Waals surface area contributed by atoms with Gasteiger partial charge in [-0.05, 0) is 31.2 Å². The van der Waals surface area contributed by atoms with E-state index >= 15 is 0 Å². The topological polar surface area (TPSA) is 70.5 Å². The van der Waals surface area contributed by atoms with Crippen LogP contribution >= 0.6 is 0 Å². The zero-order chi connectivity index (χ0) is 17.4. The minimum Gasteiger partial charge on any atom is -0.379 e. The molecular weight excluding hydrogens is 318 g/mol. The second-order valence-corrected chi connectivity index (χ2v) is 6.39. The van der Waals surface area contributed by atoms with Gasteiger partial charge in [-0.15, -0.1) is 0 Å². The monoisotopic (exact) mass is 339 g/mol. The fraction of sp³-hybridized carbons (Fsp3) is 0.316. The molecule has 2 N–H and O–H groups in total. The van der Waals surface area contributed by atoms with Gasteiger partial charge in [0.25, 0.3) is 5.56 Å². The van der Waals surface area contributed by atoms with Crippen molar-refractivity contribution < 1.29 is 9.84 Å². The van der Waals surface area contributed by atoms with E-state index in [-0.39, 0.29) is 5.56 Å². The van der Waals surface area contributed by atoms with Crippen molar-refractivity contribution in [2.75, 3.05) is 26.3 Å². The lowest BCUT2D eigenvalue weighted by Gasteiger charge is -2.30. The van der Waals surface area contributed by atoms with Gasteiger partial charge >= 0.3 is 0 Å². The number of ether oxygens (including phenoxy) is 1. The van der Waals surface area contributed by atoms with Crippen LogP contribution in [0.25, 0.3) is 16.7 Å². The van der Waals surface area contributed by atoms with E-state index in [1.807, 2.05) is 42.2 Å². The second kappa shape index (κ2) is 6.48. The molecule has 0 amide bonds. The van der Waals surface area contributed by atoms with Gasteiger partial charge in [0.2, 0.25) is 0 Å². The summed E-state index contributed by atoms with van der Waals surface area (Å²) in [7, 11) is 0. The number of aromatic nitrogens is 2. The first kappa shape index (κ1) is 16.1. The van der Waals surface area contributed by atoms with Gasteiger partial charge in [-0.3, -0.25) is 14.3 Å². The molecule has 1 atom stereocenters. The molecule has 1 aliphatic rings. The van der Waals surface area contributed by atoms with Crippen molar-refractivity contribution in [1.82, 2.24) is 14.5 Å². The highest BCUT2D eigenvalue weighted by Gasteiger charge is 2.22. The average molecular weight is 339 g/mol. The van der Waals surface area contributed by atoms with Gasteiger partial charge in [0.05, 0.1) is 24.6 Å². The number of rotatable bonds is 3. The van der Waals surface area contributed by atoms with E-state index in [4.69, 9.17) is 4.74 Å². The lowest BCUT2D eigenvalue weighted by atomic mass is 10.2. The van der Waals surface area contributed by atoms with Crippen LogP contribution in [0.15, 0.2) is 47.3 Å². The maximum atomic E-state index is 12.5. The standard InChI is InChI=1S/C19H21N3O3/c1-13-2-5-15(6-3-13)22-17(23)7-4-14-12-16(20-18(14)22)19(24)21-8-10-25-11-9-21/h2-7,12,19-20,24H,8-11H2,1H3. The third kappa shape index (κ3) is 3.00. The number of fused-ring (bicyclic) bond motifs is 1. The smallest absolute Gasteiger partial charge is 0.256 e. The maximum Gasteiger partial charge on any atom is 0.256 e. The highest BCUT2D eigenvalue weighted by atomic mass is 16.5. The Morgan fingerprint density at radius 2 is 1.84 bits per heavy atom. The Balaban J connectivity index is 1.79. The number of nitrogens with one attached hydrogen (secondary N) is 1. The summed E-state index contributed by atoms with van der Waals surface area (Å²) in [6.07, 6.45) is -0.738. The Kier molecular flexibility index (Phi) is 4.17. The van der Waals surface area contributed by atoms with Gasteiger partial charge in [-0.2, -0.15) is 0 Å². The molecule has 0 spiro atoms. The molecule has 0 bridgehead atoms. The average Bonchev–Trinajstić information content (AvgIpc) is 3.07. The summed E-state index contributed by atoms with van der Waals surface area (Å²) in [6.45, 7) is 4.61. The summed E-state index contributed by atoms with van der Waals surface area (Å²) in [6, 6.07) is 13.1. The number of morpholine rings is 1. The number of aromatic amines is 1. The first-order chi connectivity index (χ1) is 12.1. The molecular formula is C19H21N3O3. The van der Waals surface area contributed by atoms with Crippen molar-refractivity contribution >= 4 is 11.0 Å². The van der Waals surface area contributed by atoms with E-state index < -0.39 is 6.23 Å². The number of hydrogen-bond donors (Lipinski definition) is 2. The van der Waals surface area contributed by atoms with Gasteiger partial charge < -0.3 is 14.8 Å². The van der Waals surface area contributed by atoms with Crippen LogP contribution in [-0.4, -0.2) is 45.9 Å². The van der Waals surface area contributed by atoms with E-state index in [0.717, 1.165) is 16.6 Å². The summed E-state index contributed by atoms with van der Waals surface area (Å²) in [5, 5.41) is 11.6. The molecule has 6 nitrogen and oxygen atoms in total. The lowest BCUT2D eigenvalue weighted by molar-refractivity contribution is -0.0619. The predicted octanol–water partition coefficient (Wildman–Crippen LogP) is 1.95. The third-order valence-corrected chi connectivity index (χ3v) is 4.66. The van der Waals surface area contributed by atoms with Gasteiger partial charge in [-0.25, -0.2) is 0 Å².